The number of rotatable bonds is 5. The number of imide groups is 1. The van der Waals surface area contributed by atoms with E-state index in [0.717, 1.165) is 26.8 Å². The Kier molecular flexibility index (Phi) is 6.09. The van der Waals surface area contributed by atoms with Crippen LogP contribution >= 0.6 is 0 Å². The zero-order valence-electron chi connectivity index (χ0n) is 20.3. The number of ether oxygens (including phenoxy) is 2. The van der Waals surface area contributed by atoms with Gasteiger partial charge in [-0.1, -0.05) is 103 Å². The summed E-state index contributed by atoms with van der Waals surface area (Å²) in [5.74, 6) is -0.188. The highest BCUT2D eigenvalue weighted by molar-refractivity contribution is 6.04. The van der Waals surface area contributed by atoms with E-state index in [2.05, 4.69) is 0 Å². The average Bonchev–Trinajstić information content (AvgIpc) is 3.32. The normalized spacial score (nSPS) is 21.0. The standard InChI is InChI=1S/C31H24N2O5/c34-29-28(32-27(20-37-30(32)35)23-11-3-1-4-12-23)26(33(29)31(36)38-24-15-5-2-6-16-24)19-18-22-14-9-13-21-10-7-8-17-25(21)22/h1-19,26-28H,20H2/t26-,27-,28-/m1/s1. The highest BCUT2D eigenvalue weighted by atomic mass is 16.6. The van der Waals surface area contributed by atoms with E-state index in [4.69, 9.17) is 9.47 Å². The van der Waals surface area contributed by atoms with Gasteiger partial charge in [0.25, 0.3) is 5.91 Å². The fourth-order valence-electron chi connectivity index (χ4n) is 5.09. The third-order valence-electron chi connectivity index (χ3n) is 6.95. The third-order valence-corrected chi connectivity index (χ3v) is 6.95. The molecule has 3 atom stereocenters. The summed E-state index contributed by atoms with van der Waals surface area (Å²) in [6, 6.07) is 29.8. The first-order valence-electron chi connectivity index (χ1n) is 12.4. The van der Waals surface area contributed by atoms with Crippen molar-refractivity contribution < 1.29 is 23.9 Å². The van der Waals surface area contributed by atoms with Gasteiger partial charge in [0.2, 0.25) is 0 Å². The lowest BCUT2D eigenvalue weighted by atomic mass is 9.90. The molecular formula is C31H24N2O5. The largest absolute Gasteiger partial charge is 0.447 e. The van der Waals surface area contributed by atoms with Crippen molar-refractivity contribution in [1.82, 2.24) is 9.80 Å². The maximum Gasteiger partial charge on any atom is 0.422 e. The number of fused-ring (bicyclic) bond motifs is 1. The van der Waals surface area contributed by atoms with Gasteiger partial charge in [0.1, 0.15) is 18.4 Å². The van der Waals surface area contributed by atoms with Gasteiger partial charge in [0, 0.05) is 0 Å². The van der Waals surface area contributed by atoms with Gasteiger partial charge >= 0.3 is 12.2 Å². The number of β-lactam (4-membered cyclic amide) rings is 1. The Labute approximate surface area is 219 Å². The molecule has 0 N–H and O–H groups in total. The van der Waals surface area contributed by atoms with Gasteiger partial charge in [-0.3, -0.25) is 9.69 Å². The molecule has 4 aromatic rings. The summed E-state index contributed by atoms with van der Waals surface area (Å²) in [6.45, 7) is 0.126. The number of amides is 3. The van der Waals surface area contributed by atoms with E-state index in [0.29, 0.717) is 5.75 Å². The van der Waals surface area contributed by atoms with Crippen molar-refractivity contribution in [3.63, 3.8) is 0 Å². The van der Waals surface area contributed by atoms with Gasteiger partial charge in [-0.15, -0.1) is 0 Å². The number of nitrogens with zero attached hydrogens (tertiary/aromatic N) is 2. The van der Waals surface area contributed by atoms with Gasteiger partial charge in [-0.2, -0.15) is 0 Å². The topological polar surface area (TPSA) is 76.2 Å². The Hall–Kier alpha value is -4.91. The second-order valence-electron chi connectivity index (χ2n) is 9.16. The maximum absolute atomic E-state index is 13.5. The lowest BCUT2D eigenvalue weighted by Crippen LogP contribution is -2.72. The number of hydrogen-bond donors (Lipinski definition) is 0. The molecule has 0 unspecified atom stereocenters. The molecule has 0 aromatic heterocycles. The van der Waals surface area contributed by atoms with Crippen molar-refractivity contribution in [3.8, 4) is 5.75 Å². The quantitative estimate of drug-likeness (QED) is 0.320. The zero-order valence-corrected chi connectivity index (χ0v) is 20.3. The molecule has 0 saturated carbocycles. The molecule has 0 bridgehead atoms. The Morgan fingerprint density at radius 3 is 2.32 bits per heavy atom. The highest BCUT2D eigenvalue weighted by Crippen LogP contribution is 2.38. The fourth-order valence-corrected chi connectivity index (χ4v) is 5.09. The minimum atomic E-state index is -0.912. The van der Waals surface area contributed by atoms with Crippen LogP contribution in [0.3, 0.4) is 0 Å². The second-order valence-corrected chi connectivity index (χ2v) is 9.16. The van der Waals surface area contributed by atoms with Crippen LogP contribution < -0.4 is 4.74 Å². The average molecular weight is 505 g/mol. The van der Waals surface area contributed by atoms with Crippen LogP contribution in [-0.2, 0) is 9.53 Å². The van der Waals surface area contributed by atoms with Crippen molar-refractivity contribution in [1.29, 1.82) is 0 Å². The Morgan fingerprint density at radius 2 is 1.53 bits per heavy atom. The van der Waals surface area contributed by atoms with Gasteiger partial charge in [0.05, 0.1) is 12.1 Å². The first kappa shape index (κ1) is 23.5. The summed E-state index contributed by atoms with van der Waals surface area (Å²) in [4.78, 5) is 42.0. The minimum absolute atomic E-state index is 0.126. The van der Waals surface area contributed by atoms with E-state index >= 15 is 0 Å². The highest BCUT2D eigenvalue weighted by Gasteiger charge is 2.58. The van der Waals surface area contributed by atoms with Crippen molar-refractivity contribution >= 4 is 34.9 Å². The number of hydrogen-bond acceptors (Lipinski definition) is 5. The van der Waals surface area contributed by atoms with Gasteiger partial charge in [-0.25, -0.2) is 14.5 Å². The molecular weight excluding hydrogens is 480 g/mol. The third kappa shape index (κ3) is 4.18. The van der Waals surface area contributed by atoms with E-state index < -0.39 is 36.2 Å². The summed E-state index contributed by atoms with van der Waals surface area (Å²) < 4.78 is 10.9. The predicted molar refractivity (Wildman–Crippen MR) is 142 cm³/mol. The van der Waals surface area contributed by atoms with Gasteiger partial charge in [-0.05, 0) is 34.0 Å². The van der Waals surface area contributed by atoms with Crippen LogP contribution in [0.2, 0.25) is 0 Å². The molecule has 188 valence electrons. The molecule has 2 heterocycles. The summed E-state index contributed by atoms with van der Waals surface area (Å²) in [5, 5.41) is 2.11. The number of cyclic esters (lactones) is 1. The molecule has 3 amide bonds. The van der Waals surface area contributed by atoms with Crippen LogP contribution in [0.15, 0.2) is 109 Å². The monoisotopic (exact) mass is 504 g/mol. The number of benzene rings is 4. The predicted octanol–water partition coefficient (Wildman–Crippen LogP) is 5.82. The van der Waals surface area contributed by atoms with Crippen molar-refractivity contribution in [3.05, 3.63) is 120 Å². The number of para-hydroxylation sites is 1. The van der Waals surface area contributed by atoms with E-state index in [1.165, 1.54) is 4.90 Å². The Morgan fingerprint density at radius 1 is 0.842 bits per heavy atom. The van der Waals surface area contributed by atoms with Crippen molar-refractivity contribution in [2.24, 2.45) is 0 Å². The smallest absolute Gasteiger partial charge is 0.422 e. The first-order chi connectivity index (χ1) is 18.6. The van der Waals surface area contributed by atoms with Crippen LogP contribution in [0.4, 0.5) is 9.59 Å². The molecule has 7 nitrogen and oxygen atoms in total. The molecule has 0 spiro atoms. The van der Waals surface area contributed by atoms with Crippen LogP contribution in [0.25, 0.3) is 16.8 Å². The summed E-state index contributed by atoms with van der Waals surface area (Å²) in [7, 11) is 0. The first-order valence-corrected chi connectivity index (χ1v) is 12.4. The summed E-state index contributed by atoms with van der Waals surface area (Å²) >= 11 is 0. The Bertz CT molecular complexity index is 1530. The molecule has 0 radical (unpaired) electrons. The van der Waals surface area contributed by atoms with Crippen molar-refractivity contribution in [2.45, 2.75) is 18.1 Å². The van der Waals surface area contributed by atoms with Crippen LogP contribution in [0.5, 0.6) is 5.75 Å². The maximum atomic E-state index is 13.5. The molecule has 4 aromatic carbocycles. The van der Waals surface area contributed by atoms with E-state index in [9.17, 15) is 14.4 Å². The Balaban J connectivity index is 1.36. The van der Waals surface area contributed by atoms with Crippen molar-refractivity contribution in [2.75, 3.05) is 6.61 Å². The molecule has 38 heavy (non-hydrogen) atoms. The molecule has 2 aliphatic rings. The molecule has 6 rings (SSSR count). The fraction of sp³-hybridized carbons (Fsp3) is 0.129. The molecule has 0 aliphatic carbocycles. The number of carbonyl (C=O) groups is 3. The number of likely N-dealkylation sites (tertiary alicyclic amines) is 1. The molecule has 2 fully saturated rings. The van der Waals surface area contributed by atoms with Crippen LogP contribution in [0.1, 0.15) is 17.2 Å². The van der Waals surface area contributed by atoms with E-state index in [1.54, 1.807) is 36.4 Å². The van der Waals surface area contributed by atoms with Crippen LogP contribution in [-0.4, -0.2) is 46.6 Å². The van der Waals surface area contributed by atoms with Crippen LogP contribution in [0, 0.1) is 0 Å². The summed E-state index contributed by atoms with van der Waals surface area (Å²) in [6.07, 6.45) is 2.28. The molecule has 2 saturated heterocycles. The van der Waals surface area contributed by atoms with E-state index in [1.807, 2.05) is 78.9 Å². The lowest BCUT2D eigenvalue weighted by Gasteiger charge is -2.47. The van der Waals surface area contributed by atoms with Gasteiger partial charge < -0.3 is 9.47 Å². The molecule has 7 heteroatoms. The lowest BCUT2D eigenvalue weighted by molar-refractivity contribution is -0.150. The summed E-state index contributed by atoms with van der Waals surface area (Å²) in [5.41, 5.74) is 1.79. The van der Waals surface area contributed by atoms with E-state index in [-0.39, 0.29) is 6.61 Å². The SMILES string of the molecule is O=C(Oc1ccccc1)N1C(=O)[C@H](N2C(=O)OC[C@@H]2c2ccccc2)[C@H]1C=Cc1cccc2ccccc12. The second kappa shape index (κ2) is 9.86. The number of carbonyl (C=O) groups excluding carboxylic acids is 3. The molecule has 2 aliphatic heterocycles. The minimum Gasteiger partial charge on any atom is -0.447 e. The van der Waals surface area contributed by atoms with Gasteiger partial charge in [0.15, 0.2) is 0 Å². The zero-order chi connectivity index (χ0) is 26.1.